The number of methoxy groups -OCH3 is 1. The van der Waals surface area contributed by atoms with Crippen LogP contribution in [0.25, 0.3) is 0 Å². The van der Waals surface area contributed by atoms with E-state index in [0.717, 1.165) is 42.5 Å². The fourth-order valence-electron chi connectivity index (χ4n) is 4.80. The molecule has 172 valence electrons. The highest BCUT2D eigenvalue weighted by Gasteiger charge is 2.22. The molecule has 0 saturated carbocycles. The number of anilines is 2. The molecular formula is C28H32N2O3. The minimum atomic E-state index is -0.458. The third kappa shape index (κ3) is 5.09. The van der Waals surface area contributed by atoms with Crippen molar-refractivity contribution in [3.63, 3.8) is 0 Å². The van der Waals surface area contributed by atoms with Gasteiger partial charge in [-0.1, -0.05) is 18.2 Å². The van der Waals surface area contributed by atoms with E-state index in [1.807, 2.05) is 12.1 Å². The fraction of sp³-hybridized carbons (Fsp3) is 0.357. The number of esters is 1. The van der Waals surface area contributed by atoms with Crippen molar-refractivity contribution in [1.82, 2.24) is 4.98 Å². The smallest absolute Gasteiger partial charge is 0.338 e. The topological polar surface area (TPSA) is 62.7 Å². The molecule has 1 aromatic heterocycles. The summed E-state index contributed by atoms with van der Waals surface area (Å²) in [5.41, 5.74) is 7.58. The van der Waals surface area contributed by atoms with Crippen LogP contribution in [-0.4, -0.2) is 30.2 Å². The largest absolute Gasteiger partial charge is 0.465 e. The minimum absolute atomic E-state index is 0.300. The molecule has 0 aliphatic heterocycles. The van der Waals surface area contributed by atoms with E-state index in [0.29, 0.717) is 11.5 Å². The van der Waals surface area contributed by atoms with Gasteiger partial charge >= 0.3 is 5.97 Å². The molecule has 0 amide bonds. The summed E-state index contributed by atoms with van der Waals surface area (Å²) in [6, 6.07) is 16.6. The van der Waals surface area contributed by atoms with Crippen LogP contribution in [0.3, 0.4) is 0 Å². The lowest BCUT2D eigenvalue weighted by Gasteiger charge is -2.28. The average molecular weight is 445 g/mol. The second-order valence-corrected chi connectivity index (χ2v) is 8.86. The summed E-state index contributed by atoms with van der Waals surface area (Å²) in [6.45, 7) is 1.78. The number of nitrogens with zero attached hydrogens (tertiary/aromatic N) is 2. The van der Waals surface area contributed by atoms with E-state index in [1.165, 1.54) is 30.3 Å². The van der Waals surface area contributed by atoms with Gasteiger partial charge in [0, 0.05) is 30.8 Å². The summed E-state index contributed by atoms with van der Waals surface area (Å²) in [7, 11) is 3.50. The van der Waals surface area contributed by atoms with Crippen LogP contribution in [0.5, 0.6) is 0 Å². The number of ether oxygens (including phenoxy) is 1. The number of fused-ring (bicyclic) bond motifs is 1. The van der Waals surface area contributed by atoms with Crippen LogP contribution in [0.2, 0.25) is 0 Å². The van der Waals surface area contributed by atoms with E-state index in [9.17, 15) is 9.90 Å². The number of hydrogen-bond donors (Lipinski definition) is 1. The van der Waals surface area contributed by atoms with Crippen molar-refractivity contribution < 1.29 is 14.6 Å². The first-order chi connectivity index (χ1) is 16.0. The molecule has 0 radical (unpaired) electrons. The monoisotopic (exact) mass is 444 g/mol. The summed E-state index contributed by atoms with van der Waals surface area (Å²) in [4.78, 5) is 18.5. The van der Waals surface area contributed by atoms with Gasteiger partial charge in [-0.2, -0.15) is 0 Å². The molecule has 1 heterocycles. The van der Waals surface area contributed by atoms with Crippen molar-refractivity contribution in [1.29, 1.82) is 0 Å². The van der Waals surface area contributed by atoms with E-state index >= 15 is 0 Å². The number of rotatable bonds is 7. The van der Waals surface area contributed by atoms with Crippen molar-refractivity contribution in [3.05, 3.63) is 88.7 Å². The fourth-order valence-corrected chi connectivity index (χ4v) is 4.80. The Kier molecular flexibility index (Phi) is 7.09. The van der Waals surface area contributed by atoms with Crippen molar-refractivity contribution in [2.24, 2.45) is 0 Å². The number of hydrogen-bond acceptors (Lipinski definition) is 5. The van der Waals surface area contributed by atoms with Crippen LogP contribution >= 0.6 is 0 Å². The summed E-state index contributed by atoms with van der Waals surface area (Å²) in [6.07, 6.45) is 8.19. The second-order valence-electron chi connectivity index (χ2n) is 8.86. The van der Waals surface area contributed by atoms with E-state index in [4.69, 9.17) is 4.74 Å². The van der Waals surface area contributed by atoms with Crippen LogP contribution < -0.4 is 4.90 Å². The molecule has 3 aromatic rings. The van der Waals surface area contributed by atoms with Crippen molar-refractivity contribution >= 4 is 17.3 Å². The molecule has 1 unspecified atom stereocenters. The van der Waals surface area contributed by atoms with Crippen LogP contribution in [-0.2, 0) is 17.6 Å². The maximum atomic E-state index is 12.1. The Labute approximate surface area is 196 Å². The molecule has 4 rings (SSSR count). The van der Waals surface area contributed by atoms with Gasteiger partial charge < -0.3 is 14.7 Å². The molecular weight excluding hydrogens is 412 g/mol. The molecule has 0 spiro atoms. The molecule has 0 saturated heterocycles. The third-order valence-corrected chi connectivity index (χ3v) is 6.79. The van der Waals surface area contributed by atoms with Crippen LogP contribution in [0.15, 0.2) is 60.9 Å². The van der Waals surface area contributed by atoms with Gasteiger partial charge in [0.05, 0.1) is 18.8 Å². The molecule has 1 aliphatic carbocycles. The van der Waals surface area contributed by atoms with Crippen molar-refractivity contribution in [2.45, 2.75) is 51.0 Å². The third-order valence-electron chi connectivity index (χ3n) is 6.79. The number of aromatic nitrogens is 1. The number of aliphatic hydroxyl groups excluding tert-OH is 1. The van der Waals surface area contributed by atoms with E-state index in [-0.39, 0.29) is 5.97 Å². The molecule has 5 nitrogen and oxygen atoms in total. The Hall–Kier alpha value is -3.18. The van der Waals surface area contributed by atoms with Gasteiger partial charge in [0.15, 0.2) is 0 Å². The van der Waals surface area contributed by atoms with Gasteiger partial charge in [-0.05, 0) is 97.5 Å². The SMILES string of the molecule is COC(=O)c1ccncc1CCC1CCCc2cc(N(C)c3ccc([C@@H](C)O)cc3)ccc21. The van der Waals surface area contributed by atoms with Gasteiger partial charge in [0.1, 0.15) is 0 Å². The van der Waals surface area contributed by atoms with Crippen LogP contribution in [0.4, 0.5) is 11.4 Å². The minimum Gasteiger partial charge on any atom is -0.465 e. The lowest BCUT2D eigenvalue weighted by atomic mass is 9.79. The molecule has 0 bridgehead atoms. The summed E-state index contributed by atoms with van der Waals surface area (Å²) >= 11 is 0. The summed E-state index contributed by atoms with van der Waals surface area (Å²) < 4.78 is 4.93. The number of pyridine rings is 1. The average Bonchev–Trinajstić information content (AvgIpc) is 2.86. The van der Waals surface area contributed by atoms with Gasteiger partial charge in [-0.15, -0.1) is 0 Å². The quantitative estimate of drug-likeness (QED) is 0.471. The zero-order chi connectivity index (χ0) is 23.4. The first-order valence-corrected chi connectivity index (χ1v) is 11.6. The number of carbonyl (C=O) groups excluding carboxylic acids is 1. The first kappa shape index (κ1) is 23.0. The van der Waals surface area contributed by atoms with E-state index in [2.05, 4.69) is 47.3 Å². The van der Waals surface area contributed by atoms with E-state index in [1.54, 1.807) is 25.4 Å². The van der Waals surface area contributed by atoms with Gasteiger partial charge in [0.2, 0.25) is 0 Å². The summed E-state index contributed by atoms with van der Waals surface area (Å²) in [5.74, 6) is 0.176. The second kappa shape index (κ2) is 10.2. The predicted molar refractivity (Wildman–Crippen MR) is 131 cm³/mol. The standard InChI is InChI=1S/C28H32N2O3/c1-19(31)20-9-11-24(12-10-20)30(2)25-13-14-26-21(5-4-6-22(26)17-25)7-8-23-18-29-16-15-27(23)28(32)33-3/h9-19,21,31H,4-8H2,1-3H3/t19-,21?/m1/s1. The van der Waals surface area contributed by atoms with Gasteiger partial charge in [-0.25, -0.2) is 4.79 Å². The first-order valence-electron chi connectivity index (χ1n) is 11.6. The van der Waals surface area contributed by atoms with Crippen LogP contribution in [0.1, 0.15) is 70.8 Å². The number of aliphatic hydroxyl groups is 1. The number of aryl methyl sites for hydroxylation is 2. The highest BCUT2D eigenvalue weighted by atomic mass is 16.5. The number of carbonyl (C=O) groups is 1. The lowest BCUT2D eigenvalue weighted by molar-refractivity contribution is 0.0599. The molecule has 0 fully saturated rings. The number of benzene rings is 2. The normalized spacial score (nSPS) is 16.1. The van der Waals surface area contributed by atoms with Gasteiger partial charge in [0.25, 0.3) is 0 Å². The maximum Gasteiger partial charge on any atom is 0.338 e. The molecule has 1 N–H and O–H groups in total. The summed E-state index contributed by atoms with van der Waals surface area (Å²) in [5, 5.41) is 9.76. The highest BCUT2D eigenvalue weighted by molar-refractivity contribution is 5.90. The Morgan fingerprint density at radius 3 is 2.67 bits per heavy atom. The molecule has 2 atom stereocenters. The highest BCUT2D eigenvalue weighted by Crippen LogP contribution is 2.38. The van der Waals surface area contributed by atoms with Crippen molar-refractivity contribution in [2.75, 3.05) is 19.1 Å². The molecule has 1 aliphatic rings. The predicted octanol–water partition coefficient (Wildman–Crippen LogP) is 5.74. The van der Waals surface area contributed by atoms with E-state index < -0.39 is 6.10 Å². The van der Waals surface area contributed by atoms with Crippen LogP contribution in [0, 0.1) is 0 Å². The molecule has 33 heavy (non-hydrogen) atoms. The van der Waals surface area contributed by atoms with Gasteiger partial charge in [-0.3, -0.25) is 4.98 Å². The maximum absolute atomic E-state index is 12.1. The Morgan fingerprint density at radius 1 is 1.18 bits per heavy atom. The van der Waals surface area contributed by atoms with Crippen molar-refractivity contribution in [3.8, 4) is 0 Å². The molecule has 2 aromatic carbocycles. The zero-order valence-corrected chi connectivity index (χ0v) is 19.6. The Morgan fingerprint density at radius 2 is 1.94 bits per heavy atom. The Bertz CT molecular complexity index is 1110. The molecule has 5 heteroatoms. The Balaban J connectivity index is 1.50. The lowest BCUT2D eigenvalue weighted by Crippen LogP contribution is -2.15. The zero-order valence-electron chi connectivity index (χ0n) is 19.6.